The molecule has 0 aromatic heterocycles. The fourth-order valence-electron chi connectivity index (χ4n) is 0.576. The van der Waals surface area contributed by atoms with Crippen LogP contribution < -0.4 is 0 Å². The molecule has 5 nitrogen and oxygen atoms in total. The maximum Gasteiger partial charge on any atom is 0.522 e. The average Bonchev–Trinajstić information content (AvgIpc) is 2.17. The van der Waals surface area contributed by atoms with E-state index in [4.69, 9.17) is 18.5 Å². The molecule has 0 spiro atoms. The molecule has 0 aromatic rings. The highest BCUT2D eigenvalue weighted by atomic mass is 32.2. The van der Waals surface area contributed by atoms with E-state index in [2.05, 4.69) is 4.79 Å². The van der Waals surface area contributed by atoms with Gasteiger partial charge in [0.1, 0.15) is 0 Å². The van der Waals surface area contributed by atoms with Gasteiger partial charge in [-0.2, -0.15) is 26.4 Å². The quantitative estimate of drug-likeness (QED) is 0.308. The van der Waals surface area contributed by atoms with Gasteiger partial charge in [-0.3, -0.25) is 4.55 Å². The molecule has 90 valence electrons. The fourth-order valence-corrected chi connectivity index (χ4v) is 0.576. The Morgan fingerprint density at radius 3 is 2.06 bits per heavy atom. The largest absolute Gasteiger partial charge is 0.522 e. The minimum atomic E-state index is -5.84. The lowest BCUT2D eigenvalue weighted by Gasteiger charge is -1.97. The van der Waals surface area contributed by atoms with Crippen molar-refractivity contribution < 1.29 is 30.9 Å². The summed E-state index contributed by atoms with van der Waals surface area (Å²) < 4.78 is 57.5. The Hall–Kier alpha value is -1.44. The van der Waals surface area contributed by atoms with Crippen molar-refractivity contribution in [2.24, 2.45) is 0 Å². The minimum absolute atomic E-state index is 0.715. The second-order valence-electron chi connectivity index (χ2n) is 2.50. The van der Waals surface area contributed by atoms with Crippen LogP contribution in [0.5, 0.6) is 0 Å². The van der Waals surface area contributed by atoms with Gasteiger partial charge in [-0.1, -0.05) is 18.2 Å². The summed E-state index contributed by atoms with van der Waals surface area (Å²) in [6, 6.07) is 0. The standard InChI is InChI=1S/C6H6N2.CHF3O3S/c7-8-6-4-2-1-3-5-6;2-1(3,4)8(5,6)7/h1-4H,5H2;(H,5,6,7). The first-order valence-electron chi connectivity index (χ1n) is 3.76. The molecule has 0 heterocycles. The van der Waals surface area contributed by atoms with E-state index in [1.54, 1.807) is 6.08 Å². The molecule has 0 saturated carbocycles. The molecule has 0 radical (unpaired) electrons. The maximum atomic E-state index is 10.7. The van der Waals surface area contributed by atoms with E-state index in [-0.39, 0.29) is 0 Å². The van der Waals surface area contributed by atoms with Crippen LogP contribution in [-0.4, -0.2) is 29.0 Å². The van der Waals surface area contributed by atoms with Crippen molar-refractivity contribution in [3.8, 4) is 0 Å². The predicted molar refractivity (Wildman–Crippen MR) is 49.1 cm³/mol. The lowest BCUT2D eigenvalue weighted by Crippen LogP contribution is -2.21. The monoisotopic (exact) mass is 256 g/mol. The van der Waals surface area contributed by atoms with Gasteiger partial charge in [-0.15, -0.1) is 0 Å². The number of alkyl halides is 3. The Kier molecular flexibility index (Phi) is 5.09. The Labute approximate surface area is 89.3 Å². The summed E-state index contributed by atoms with van der Waals surface area (Å²) >= 11 is 0. The van der Waals surface area contributed by atoms with Crippen molar-refractivity contribution in [1.29, 1.82) is 0 Å². The van der Waals surface area contributed by atoms with Crippen molar-refractivity contribution in [2.75, 3.05) is 0 Å². The summed E-state index contributed by atoms with van der Waals surface area (Å²) in [6.45, 7) is 0. The summed E-state index contributed by atoms with van der Waals surface area (Å²) in [5.74, 6) is 0. The normalized spacial score (nSPS) is 15.1. The third-order valence-corrected chi connectivity index (χ3v) is 1.87. The molecule has 0 aromatic carbocycles. The van der Waals surface area contributed by atoms with Crippen LogP contribution in [0.3, 0.4) is 0 Å². The second kappa shape index (κ2) is 5.59. The number of allylic oxidation sites excluding steroid dienone is 4. The fraction of sp³-hybridized carbons (Fsp3) is 0.286. The minimum Gasteiger partial charge on any atom is -0.361 e. The van der Waals surface area contributed by atoms with E-state index in [0.717, 1.165) is 6.42 Å². The summed E-state index contributed by atoms with van der Waals surface area (Å²) in [7, 11) is -5.84. The van der Waals surface area contributed by atoms with Crippen LogP contribution in [0, 0.1) is 0 Å². The molecule has 0 aliphatic heterocycles. The summed E-state index contributed by atoms with van der Waals surface area (Å²) in [5.41, 5.74) is 3.37. The molecule has 16 heavy (non-hydrogen) atoms. The maximum absolute atomic E-state index is 10.7. The molecule has 0 atom stereocenters. The predicted octanol–water partition coefficient (Wildman–Crippen LogP) is 1.57. The molecular weight excluding hydrogens is 249 g/mol. The zero-order valence-corrected chi connectivity index (χ0v) is 8.53. The van der Waals surface area contributed by atoms with Gasteiger partial charge in [0, 0.05) is 6.08 Å². The number of hydrogen-bond acceptors (Lipinski definition) is 2. The molecule has 1 aliphatic carbocycles. The third kappa shape index (κ3) is 5.44. The van der Waals surface area contributed by atoms with Crippen LogP contribution in [0.25, 0.3) is 5.53 Å². The van der Waals surface area contributed by atoms with E-state index in [0.29, 0.717) is 5.71 Å². The Balaban J connectivity index is 0.000000281. The molecule has 0 amide bonds. The van der Waals surface area contributed by atoms with E-state index >= 15 is 0 Å². The van der Waals surface area contributed by atoms with Crippen molar-refractivity contribution in [2.45, 2.75) is 11.9 Å². The van der Waals surface area contributed by atoms with Crippen molar-refractivity contribution in [3.05, 3.63) is 29.8 Å². The number of nitrogens with zero attached hydrogens (tertiary/aromatic N) is 2. The lowest BCUT2D eigenvalue weighted by molar-refractivity contribution is -0.0510. The molecule has 0 bridgehead atoms. The van der Waals surface area contributed by atoms with E-state index in [9.17, 15) is 13.2 Å². The molecule has 1 rings (SSSR count). The first kappa shape index (κ1) is 14.6. The van der Waals surface area contributed by atoms with Gasteiger partial charge in [0.25, 0.3) is 5.71 Å². The van der Waals surface area contributed by atoms with Crippen LogP contribution in [0.1, 0.15) is 6.42 Å². The number of halogens is 3. The molecule has 0 unspecified atom stereocenters. The van der Waals surface area contributed by atoms with Gasteiger partial charge in [-0.25, -0.2) is 0 Å². The van der Waals surface area contributed by atoms with Crippen molar-refractivity contribution in [1.82, 2.24) is 0 Å². The lowest BCUT2D eigenvalue weighted by atomic mass is 10.2. The van der Waals surface area contributed by atoms with E-state index < -0.39 is 15.6 Å². The van der Waals surface area contributed by atoms with Crippen molar-refractivity contribution in [3.63, 3.8) is 0 Å². The second-order valence-corrected chi connectivity index (χ2v) is 3.92. The molecule has 0 saturated heterocycles. The zero-order valence-electron chi connectivity index (χ0n) is 7.72. The van der Waals surface area contributed by atoms with Crippen LogP contribution in [-0.2, 0) is 10.1 Å². The first-order valence-corrected chi connectivity index (χ1v) is 5.20. The number of hydrogen-bond donors (Lipinski definition) is 1. The Bertz CT molecular complexity index is 444. The molecule has 1 aliphatic rings. The van der Waals surface area contributed by atoms with Gasteiger partial charge >= 0.3 is 15.6 Å². The SMILES string of the molecule is O=S(=O)(O)C(F)(F)F.[N-]=[N+]=C1C=CC=CC1. The van der Waals surface area contributed by atoms with Gasteiger partial charge in [-0.05, 0) is 0 Å². The van der Waals surface area contributed by atoms with Gasteiger partial charge in [0.2, 0.25) is 0 Å². The highest BCUT2D eigenvalue weighted by molar-refractivity contribution is 7.86. The van der Waals surface area contributed by atoms with Crippen LogP contribution in [0.15, 0.2) is 24.3 Å². The Morgan fingerprint density at radius 2 is 1.88 bits per heavy atom. The summed E-state index contributed by atoms with van der Waals surface area (Å²) in [4.78, 5) is 3.03. The molecule has 1 N–H and O–H groups in total. The average molecular weight is 256 g/mol. The smallest absolute Gasteiger partial charge is 0.361 e. The molecule has 9 heteroatoms. The van der Waals surface area contributed by atoms with Gasteiger partial charge in [0.05, 0.1) is 6.42 Å². The topological polar surface area (TPSA) is 90.8 Å². The Morgan fingerprint density at radius 1 is 1.38 bits per heavy atom. The zero-order chi connectivity index (χ0) is 12.8. The van der Waals surface area contributed by atoms with E-state index in [1.165, 1.54) is 0 Å². The third-order valence-electron chi connectivity index (χ3n) is 1.28. The highest BCUT2D eigenvalue weighted by Crippen LogP contribution is 2.20. The van der Waals surface area contributed by atoms with Crippen LogP contribution in [0.2, 0.25) is 0 Å². The summed E-state index contributed by atoms with van der Waals surface area (Å²) in [5, 5.41) is 0. The van der Waals surface area contributed by atoms with E-state index in [1.807, 2.05) is 18.2 Å². The van der Waals surface area contributed by atoms with Crippen LogP contribution >= 0.6 is 0 Å². The summed E-state index contributed by atoms with van der Waals surface area (Å²) in [6.07, 6.45) is 8.23. The number of rotatable bonds is 0. The molecular formula is C7H7F3N2O3S. The highest BCUT2D eigenvalue weighted by Gasteiger charge is 2.44. The first-order chi connectivity index (χ1) is 7.18. The van der Waals surface area contributed by atoms with Gasteiger partial charge in [0.15, 0.2) is 0 Å². The van der Waals surface area contributed by atoms with Crippen LogP contribution in [0.4, 0.5) is 13.2 Å². The molecule has 0 fully saturated rings. The van der Waals surface area contributed by atoms with Gasteiger partial charge < -0.3 is 5.53 Å². The van der Waals surface area contributed by atoms with Crippen molar-refractivity contribution >= 4 is 15.8 Å².